The number of ether oxygens (including phenoxy) is 1. The van der Waals surface area contributed by atoms with Crippen LogP contribution in [0.5, 0.6) is 0 Å². The summed E-state index contributed by atoms with van der Waals surface area (Å²) in [5, 5.41) is 9.11. The molecule has 2 heterocycles. The summed E-state index contributed by atoms with van der Waals surface area (Å²) in [6.07, 6.45) is 3.43. The molecule has 2 atom stereocenters. The minimum absolute atomic E-state index is 0.140. The lowest BCUT2D eigenvalue weighted by molar-refractivity contribution is 0.0884. The molecule has 1 aromatic heterocycles. The van der Waals surface area contributed by atoms with Crippen LogP contribution in [0.4, 0.5) is 0 Å². The average molecular weight is 302 g/mol. The Labute approximate surface area is 119 Å². The van der Waals surface area contributed by atoms with Crippen molar-refractivity contribution in [3.8, 4) is 0 Å². The minimum Gasteiger partial charge on any atom is -0.390 e. The van der Waals surface area contributed by atoms with E-state index in [1.165, 1.54) is 12.3 Å². The third-order valence-corrected chi connectivity index (χ3v) is 5.23. The molecule has 2 rings (SSSR count). The van der Waals surface area contributed by atoms with Crippen molar-refractivity contribution in [2.45, 2.75) is 37.4 Å². The van der Waals surface area contributed by atoms with Gasteiger partial charge in [-0.05, 0) is 18.9 Å². The first kappa shape index (κ1) is 15.5. The van der Waals surface area contributed by atoms with Gasteiger partial charge in [0, 0.05) is 38.0 Å². The molecule has 0 spiro atoms. The van der Waals surface area contributed by atoms with Crippen LogP contribution < -0.4 is 4.72 Å². The third kappa shape index (κ3) is 3.22. The van der Waals surface area contributed by atoms with Crippen molar-refractivity contribution < 1.29 is 18.3 Å². The number of aryl methyl sites for hydroxylation is 1. The van der Waals surface area contributed by atoms with Crippen LogP contribution in [0, 0.1) is 5.92 Å². The lowest BCUT2D eigenvalue weighted by atomic mass is 10.0. The SMILES string of the molecule is CCC1OCCC1CNS(=O)(=O)c1cc(CO)n(C)c1. The van der Waals surface area contributed by atoms with E-state index in [0.29, 0.717) is 18.8 Å². The van der Waals surface area contributed by atoms with Gasteiger partial charge in [-0.25, -0.2) is 13.1 Å². The number of aromatic nitrogens is 1. The van der Waals surface area contributed by atoms with Gasteiger partial charge in [0.25, 0.3) is 0 Å². The van der Waals surface area contributed by atoms with E-state index in [1.807, 2.05) is 6.92 Å². The number of sulfonamides is 1. The quantitative estimate of drug-likeness (QED) is 0.807. The zero-order valence-electron chi connectivity index (χ0n) is 11.9. The predicted molar refractivity (Wildman–Crippen MR) is 74.7 cm³/mol. The Bertz CT molecular complexity index is 553. The number of rotatable bonds is 6. The van der Waals surface area contributed by atoms with Gasteiger partial charge in [0.05, 0.1) is 17.6 Å². The minimum atomic E-state index is -3.53. The Morgan fingerprint density at radius 3 is 2.90 bits per heavy atom. The van der Waals surface area contributed by atoms with E-state index in [2.05, 4.69) is 4.72 Å². The van der Waals surface area contributed by atoms with Crippen LogP contribution in [0.15, 0.2) is 17.2 Å². The molecule has 1 fully saturated rings. The number of hydrogen-bond acceptors (Lipinski definition) is 4. The van der Waals surface area contributed by atoms with Crippen molar-refractivity contribution in [1.29, 1.82) is 0 Å². The van der Waals surface area contributed by atoms with Crippen molar-refractivity contribution in [1.82, 2.24) is 9.29 Å². The molecular weight excluding hydrogens is 280 g/mol. The predicted octanol–water partition coefficient (Wildman–Crippen LogP) is 0.611. The van der Waals surface area contributed by atoms with Gasteiger partial charge in [-0.2, -0.15) is 0 Å². The van der Waals surface area contributed by atoms with Gasteiger partial charge in [0.2, 0.25) is 10.0 Å². The maximum atomic E-state index is 12.2. The molecule has 0 aliphatic carbocycles. The van der Waals surface area contributed by atoms with Gasteiger partial charge < -0.3 is 14.4 Å². The van der Waals surface area contributed by atoms with E-state index in [-0.39, 0.29) is 23.5 Å². The molecule has 0 bridgehead atoms. The first-order valence-corrected chi connectivity index (χ1v) is 8.33. The molecule has 0 radical (unpaired) electrons. The van der Waals surface area contributed by atoms with Gasteiger partial charge in [-0.1, -0.05) is 6.92 Å². The molecule has 7 heteroatoms. The highest BCUT2D eigenvalue weighted by molar-refractivity contribution is 7.89. The molecule has 0 saturated carbocycles. The van der Waals surface area contributed by atoms with E-state index in [9.17, 15) is 8.42 Å². The van der Waals surface area contributed by atoms with Gasteiger partial charge in [0.15, 0.2) is 0 Å². The molecule has 0 amide bonds. The Morgan fingerprint density at radius 1 is 1.55 bits per heavy atom. The Morgan fingerprint density at radius 2 is 2.30 bits per heavy atom. The summed E-state index contributed by atoms with van der Waals surface area (Å²) in [5.74, 6) is 0.232. The van der Waals surface area contributed by atoms with E-state index in [4.69, 9.17) is 9.84 Å². The monoisotopic (exact) mass is 302 g/mol. The van der Waals surface area contributed by atoms with Gasteiger partial charge >= 0.3 is 0 Å². The zero-order valence-corrected chi connectivity index (χ0v) is 12.7. The maximum absolute atomic E-state index is 12.2. The summed E-state index contributed by atoms with van der Waals surface area (Å²) in [6.45, 7) is 2.96. The van der Waals surface area contributed by atoms with E-state index in [1.54, 1.807) is 11.6 Å². The normalized spacial score (nSPS) is 23.4. The smallest absolute Gasteiger partial charge is 0.242 e. The lowest BCUT2D eigenvalue weighted by Gasteiger charge is -2.16. The van der Waals surface area contributed by atoms with Crippen molar-refractivity contribution in [2.24, 2.45) is 13.0 Å². The molecule has 1 saturated heterocycles. The van der Waals surface area contributed by atoms with Crippen LogP contribution in [0.1, 0.15) is 25.5 Å². The number of nitrogens with zero attached hydrogens (tertiary/aromatic N) is 1. The second kappa shape index (κ2) is 6.26. The van der Waals surface area contributed by atoms with E-state index >= 15 is 0 Å². The van der Waals surface area contributed by atoms with Crippen molar-refractivity contribution >= 4 is 10.0 Å². The fourth-order valence-electron chi connectivity index (χ4n) is 2.56. The Hall–Kier alpha value is -0.890. The second-order valence-corrected chi connectivity index (χ2v) is 6.92. The molecule has 6 nitrogen and oxygen atoms in total. The Balaban J connectivity index is 2.03. The van der Waals surface area contributed by atoms with Crippen molar-refractivity contribution in [3.63, 3.8) is 0 Å². The van der Waals surface area contributed by atoms with Gasteiger partial charge in [-0.15, -0.1) is 0 Å². The summed E-state index contributed by atoms with van der Waals surface area (Å²) < 4.78 is 34.2. The fourth-order valence-corrected chi connectivity index (χ4v) is 3.75. The van der Waals surface area contributed by atoms with Crippen LogP contribution in [-0.4, -0.2) is 37.3 Å². The molecule has 1 aliphatic rings. The Kier molecular flexibility index (Phi) is 4.85. The average Bonchev–Trinajstić information content (AvgIpc) is 3.02. The summed E-state index contributed by atoms with van der Waals surface area (Å²) in [7, 11) is -1.82. The standard InChI is InChI=1S/C13H22N2O4S/c1-3-13-10(4-5-19-13)7-14-20(17,18)12-6-11(9-16)15(2)8-12/h6,8,10,13-14,16H,3-5,7,9H2,1-2H3. The molecule has 114 valence electrons. The zero-order chi connectivity index (χ0) is 14.8. The summed E-state index contributed by atoms with van der Waals surface area (Å²) >= 11 is 0. The third-order valence-electron chi connectivity index (χ3n) is 3.84. The highest BCUT2D eigenvalue weighted by Crippen LogP contribution is 2.23. The van der Waals surface area contributed by atoms with E-state index in [0.717, 1.165) is 12.8 Å². The summed E-state index contributed by atoms with van der Waals surface area (Å²) in [6, 6.07) is 1.49. The van der Waals surface area contributed by atoms with Crippen molar-refractivity contribution in [3.05, 3.63) is 18.0 Å². The number of hydrogen-bond donors (Lipinski definition) is 2. The molecule has 1 aromatic rings. The second-order valence-electron chi connectivity index (χ2n) is 5.15. The van der Waals surface area contributed by atoms with Crippen LogP contribution in [-0.2, 0) is 28.4 Å². The van der Waals surface area contributed by atoms with Crippen LogP contribution in [0.3, 0.4) is 0 Å². The molecule has 1 aliphatic heterocycles. The highest BCUT2D eigenvalue weighted by atomic mass is 32.2. The summed E-state index contributed by atoms with van der Waals surface area (Å²) in [4.78, 5) is 0.191. The molecule has 20 heavy (non-hydrogen) atoms. The van der Waals surface area contributed by atoms with Gasteiger partial charge in [0.1, 0.15) is 0 Å². The molecule has 2 unspecified atom stereocenters. The highest BCUT2D eigenvalue weighted by Gasteiger charge is 2.28. The van der Waals surface area contributed by atoms with Crippen molar-refractivity contribution in [2.75, 3.05) is 13.2 Å². The molecular formula is C13H22N2O4S. The fraction of sp³-hybridized carbons (Fsp3) is 0.692. The maximum Gasteiger partial charge on any atom is 0.242 e. The van der Waals surface area contributed by atoms with Crippen LogP contribution in [0.2, 0.25) is 0 Å². The summed E-state index contributed by atoms with van der Waals surface area (Å²) in [5.41, 5.74) is 0.570. The van der Waals surface area contributed by atoms with Crippen LogP contribution in [0.25, 0.3) is 0 Å². The first-order chi connectivity index (χ1) is 9.47. The molecule has 0 aromatic carbocycles. The largest absolute Gasteiger partial charge is 0.390 e. The first-order valence-electron chi connectivity index (χ1n) is 6.85. The number of nitrogens with one attached hydrogen (secondary N) is 1. The van der Waals surface area contributed by atoms with Gasteiger partial charge in [-0.3, -0.25) is 0 Å². The van der Waals surface area contributed by atoms with E-state index < -0.39 is 10.0 Å². The lowest BCUT2D eigenvalue weighted by Crippen LogP contribution is -2.32. The molecule has 2 N–H and O–H groups in total. The van der Waals surface area contributed by atoms with Crippen LogP contribution >= 0.6 is 0 Å². The topological polar surface area (TPSA) is 80.6 Å². The number of aliphatic hydroxyl groups is 1. The number of aliphatic hydroxyl groups excluding tert-OH is 1.